The lowest BCUT2D eigenvalue weighted by molar-refractivity contribution is 0.622. The van der Waals surface area contributed by atoms with Crippen molar-refractivity contribution >= 4 is 10.9 Å². The third kappa shape index (κ3) is 2.96. The van der Waals surface area contributed by atoms with Gasteiger partial charge in [0, 0.05) is 35.2 Å². The summed E-state index contributed by atoms with van der Waals surface area (Å²) in [7, 11) is 0. The Morgan fingerprint density at radius 3 is 2.64 bits per heavy atom. The SMILES string of the molecule is CC(C)Cc1nc(-c2ccc3[nH]nc(-c4ccc(=O)[nH]c4)c3c2)n[nH]1. The van der Waals surface area contributed by atoms with Gasteiger partial charge >= 0.3 is 0 Å². The Morgan fingerprint density at radius 1 is 1.04 bits per heavy atom. The average molecular weight is 334 g/mol. The van der Waals surface area contributed by atoms with Crippen LogP contribution in [0.2, 0.25) is 0 Å². The van der Waals surface area contributed by atoms with Crippen LogP contribution >= 0.6 is 0 Å². The maximum Gasteiger partial charge on any atom is 0.247 e. The number of pyridine rings is 1. The Kier molecular flexibility index (Phi) is 3.68. The van der Waals surface area contributed by atoms with E-state index in [0.717, 1.165) is 40.0 Å². The van der Waals surface area contributed by atoms with Gasteiger partial charge < -0.3 is 4.98 Å². The lowest BCUT2D eigenvalue weighted by atomic mass is 10.1. The van der Waals surface area contributed by atoms with Crippen LogP contribution in [0.3, 0.4) is 0 Å². The Balaban J connectivity index is 1.77. The van der Waals surface area contributed by atoms with Gasteiger partial charge in [-0.05, 0) is 30.2 Å². The summed E-state index contributed by atoms with van der Waals surface area (Å²) in [6, 6.07) is 9.20. The Bertz CT molecular complexity index is 1070. The zero-order valence-electron chi connectivity index (χ0n) is 14.0. The summed E-state index contributed by atoms with van der Waals surface area (Å²) in [5, 5.41) is 15.7. The van der Waals surface area contributed by atoms with Crippen molar-refractivity contribution in [2.75, 3.05) is 0 Å². The zero-order chi connectivity index (χ0) is 17.4. The molecule has 7 nitrogen and oxygen atoms in total. The van der Waals surface area contributed by atoms with Gasteiger partial charge in [0.05, 0.1) is 5.52 Å². The van der Waals surface area contributed by atoms with Gasteiger partial charge in [-0.15, -0.1) is 0 Å². The smallest absolute Gasteiger partial charge is 0.247 e. The molecule has 1 aromatic carbocycles. The number of aromatic nitrogens is 6. The molecule has 0 aliphatic heterocycles. The molecule has 0 saturated heterocycles. The average Bonchev–Trinajstić information content (AvgIpc) is 3.21. The van der Waals surface area contributed by atoms with E-state index in [1.165, 1.54) is 6.07 Å². The van der Waals surface area contributed by atoms with E-state index in [2.05, 4.69) is 44.2 Å². The first-order valence-corrected chi connectivity index (χ1v) is 8.19. The first-order chi connectivity index (χ1) is 12.1. The number of fused-ring (bicyclic) bond motifs is 1. The molecular formula is C18H18N6O. The molecule has 0 bridgehead atoms. The fourth-order valence-corrected chi connectivity index (χ4v) is 2.83. The van der Waals surface area contributed by atoms with Gasteiger partial charge in [0.15, 0.2) is 5.82 Å². The molecule has 0 saturated carbocycles. The topological polar surface area (TPSA) is 103 Å². The van der Waals surface area contributed by atoms with Crippen LogP contribution in [0.15, 0.2) is 41.3 Å². The predicted octanol–water partition coefficient (Wildman–Crippen LogP) is 2.90. The second kappa shape index (κ2) is 6.01. The molecular weight excluding hydrogens is 316 g/mol. The van der Waals surface area contributed by atoms with Gasteiger partial charge in [-0.2, -0.15) is 10.2 Å². The summed E-state index contributed by atoms with van der Waals surface area (Å²) >= 11 is 0. The van der Waals surface area contributed by atoms with Crippen LogP contribution in [0.4, 0.5) is 0 Å². The third-order valence-electron chi connectivity index (χ3n) is 4.01. The van der Waals surface area contributed by atoms with Crippen molar-refractivity contribution in [1.82, 2.24) is 30.4 Å². The number of benzene rings is 1. The number of aromatic amines is 3. The molecule has 4 aromatic rings. The highest BCUT2D eigenvalue weighted by molar-refractivity contribution is 5.95. The van der Waals surface area contributed by atoms with Crippen molar-refractivity contribution in [3.8, 4) is 22.6 Å². The summed E-state index contributed by atoms with van der Waals surface area (Å²) in [6.07, 6.45) is 2.53. The van der Waals surface area contributed by atoms with Gasteiger partial charge in [-0.3, -0.25) is 15.0 Å². The highest BCUT2D eigenvalue weighted by Gasteiger charge is 2.12. The van der Waals surface area contributed by atoms with Gasteiger partial charge in [-0.1, -0.05) is 13.8 Å². The molecule has 3 aromatic heterocycles. The highest BCUT2D eigenvalue weighted by atomic mass is 16.1. The molecule has 0 aliphatic carbocycles. The summed E-state index contributed by atoms with van der Waals surface area (Å²) in [4.78, 5) is 18.5. The maximum absolute atomic E-state index is 11.3. The van der Waals surface area contributed by atoms with Crippen LogP contribution in [0.1, 0.15) is 19.7 Å². The lowest BCUT2D eigenvalue weighted by Crippen LogP contribution is -2.01. The van der Waals surface area contributed by atoms with Crippen molar-refractivity contribution in [2.45, 2.75) is 20.3 Å². The first kappa shape index (κ1) is 15.3. The van der Waals surface area contributed by atoms with Gasteiger partial charge in [0.25, 0.3) is 0 Å². The van der Waals surface area contributed by atoms with Crippen LogP contribution in [0, 0.1) is 5.92 Å². The molecule has 126 valence electrons. The molecule has 0 unspecified atom stereocenters. The van der Waals surface area contributed by atoms with E-state index < -0.39 is 0 Å². The van der Waals surface area contributed by atoms with E-state index >= 15 is 0 Å². The van der Waals surface area contributed by atoms with Crippen molar-refractivity contribution in [2.24, 2.45) is 5.92 Å². The predicted molar refractivity (Wildman–Crippen MR) is 96.1 cm³/mol. The van der Waals surface area contributed by atoms with Crippen LogP contribution in [0.5, 0.6) is 0 Å². The van der Waals surface area contributed by atoms with E-state index in [0.29, 0.717) is 11.7 Å². The number of H-pyrrole nitrogens is 3. The maximum atomic E-state index is 11.3. The van der Waals surface area contributed by atoms with Crippen molar-refractivity contribution in [3.63, 3.8) is 0 Å². The molecule has 0 fully saturated rings. The minimum absolute atomic E-state index is 0.136. The molecule has 0 spiro atoms. The molecule has 25 heavy (non-hydrogen) atoms. The fraction of sp³-hybridized carbons (Fsp3) is 0.222. The molecule has 3 N–H and O–H groups in total. The Hall–Kier alpha value is -3.22. The van der Waals surface area contributed by atoms with Crippen LogP contribution in [-0.2, 0) is 6.42 Å². The number of rotatable bonds is 4. The highest BCUT2D eigenvalue weighted by Crippen LogP contribution is 2.28. The second-order valence-corrected chi connectivity index (χ2v) is 6.48. The molecule has 0 atom stereocenters. The van der Waals surface area contributed by atoms with Crippen molar-refractivity contribution in [1.29, 1.82) is 0 Å². The molecule has 4 rings (SSSR count). The van der Waals surface area contributed by atoms with E-state index in [4.69, 9.17) is 0 Å². The van der Waals surface area contributed by atoms with E-state index in [1.807, 2.05) is 18.2 Å². The van der Waals surface area contributed by atoms with Crippen LogP contribution in [-0.4, -0.2) is 30.4 Å². The molecule has 0 amide bonds. The number of hydrogen-bond donors (Lipinski definition) is 3. The van der Waals surface area contributed by atoms with Gasteiger partial charge in [-0.25, -0.2) is 4.98 Å². The quantitative estimate of drug-likeness (QED) is 0.534. The van der Waals surface area contributed by atoms with E-state index in [1.54, 1.807) is 12.3 Å². The van der Waals surface area contributed by atoms with E-state index in [-0.39, 0.29) is 5.56 Å². The van der Waals surface area contributed by atoms with E-state index in [9.17, 15) is 4.79 Å². The van der Waals surface area contributed by atoms with Gasteiger partial charge in [0.2, 0.25) is 5.56 Å². The minimum Gasteiger partial charge on any atom is -0.328 e. The Morgan fingerprint density at radius 2 is 1.88 bits per heavy atom. The van der Waals surface area contributed by atoms with Crippen molar-refractivity contribution in [3.05, 3.63) is 52.7 Å². The molecule has 7 heteroatoms. The van der Waals surface area contributed by atoms with Crippen molar-refractivity contribution < 1.29 is 0 Å². The Labute approximate surface area is 143 Å². The van der Waals surface area contributed by atoms with Crippen LogP contribution < -0.4 is 5.56 Å². The second-order valence-electron chi connectivity index (χ2n) is 6.48. The largest absolute Gasteiger partial charge is 0.328 e. The fourth-order valence-electron chi connectivity index (χ4n) is 2.83. The van der Waals surface area contributed by atoms with Gasteiger partial charge in [0.1, 0.15) is 11.5 Å². The standard InChI is InChI=1S/C18H18N6O/c1-10(2)7-15-20-18(24-22-15)11-3-5-14-13(8-11)17(23-21-14)12-4-6-16(25)19-9-12/h3-6,8-10H,7H2,1-2H3,(H,19,25)(H,21,23)(H,20,22,24). The normalized spacial score (nSPS) is 11.5. The zero-order valence-corrected chi connectivity index (χ0v) is 14.0. The summed E-state index contributed by atoms with van der Waals surface area (Å²) in [5.74, 6) is 2.08. The molecule has 0 aliphatic rings. The van der Waals surface area contributed by atoms with Crippen LogP contribution in [0.25, 0.3) is 33.5 Å². The third-order valence-corrected chi connectivity index (χ3v) is 4.01. The summed E-state index contributed by atoms with van der Waals surface area (Å²) in [6.45, 7) is 4.30. The summed E-state index contributed by atoms with van der Waals surface area (Å²) < 4.78 is 0. The first-order valence-electron chi connectivity index (χ1n) is 8.19. The molecule has 3 heterocycles. The number of hydrogen-bond acceptors (Lipinski definition) is 4. The summed E-state index contributed by atoms with van der Waals surface area (Å²) in [5.41, 5.74) is 3.33. The lowest BCUT2D eigenvalue weighted by Gasteiger charge is -2.00. The number of nitrogens with zero attached hydrogens (tertiary/aromatic N) is 3. The minimum atomic E-state index is -0.136. The monoisotopic (exact) mass is 334 g/mol. The number of nitrogens with one attached hydrogen (secondary N) is 3. The molecule has 0 radical (unpaired) electrons.